The summed E-state index contributed by atoms with van der Waals surface area (Å²) in [5, 5.41) is 9.55. The van der Waals surface area contributed by atoms with Gasteiger partial charge >= 0.3 is 0 Å². The van der Waals surface area contributed by atoms with Gasteiger partial charge in [-0.2, -0.15) is 0 Å². The lowest BCUT2D eigenvalue weighted by Gasteiger charge is -2.04. The maximum Gasteiger partial charge on any atom is 0.0894 e. The fourth-order valence-corrected chi connectivity index (χ4v) is 2.94. The minimum Gasteiger partial charge on any atom is -0.388 e. The Bertz CT molecular complexity index is 244. The summed E-state index contributed by atoms with van der Waals surface area (Å²) in [7, 11) is 0. The van der Waals surface area contributed by atoms with Crippen LogP contribution in [0, 0.1) is 0 Å². The zero-order chi connectivity index (χ0) is 9.14. The summed E-state index contributed by atoms with van der Waals surface area (Å²) in [5.74, 6) is 0. The van der Waals surface area contributed by atoms with E-state index in [0.717, 1.165) is 13.1 Å². The first-order chi connectivity index (χ1) is 5.65. The molecule has 1 rings (SSSR count). The topological polar surface area (TPSA) is 46.2 Å². The minimum atomic E-state index is -0.428. The molecule has 0 fully saturated rings. The fourth-order valence-electron chi connectivity index (χ4n) is 0.828. The fraction of sp³-hybridized carbons (Fsp3) is 0.429. The average molecular weight is 315 g/mol. The van der Waals surface area contributed by atoms with Crippen molar-refractivity contribution >= 4 is 43.2 Å². The molecule has 0 aliphatic rings. The van der Waals surface area contributed by atoms with Crippen LogP contribution in [0.2, 0.25) is 0 Å². The van der Waals surface area contributed by atoms with Gasteiger partial charge in [0, 0.05) is 9.35 Å². The van der Waals surface area contributed by atoms with Crippen molar-refractivity contribution in [2.75, 3.05) is 6.54 Å². The molecule has 0 bridgehead atoms. The summed E-state index contributed by atoms with van der Waals surface area (Å²) >= 11 is 8.25. The summed E-state index contributed by atoms with van der Waals surface area (Å²) in [6.45, 7) is 0.508. The Morgan fingerprint density at radius 1 is 1.58 bits per heavy atom. The van der Waals surface area contributed by atoms with Crippen molar-refractivity contribution in [2.24, 2.45) is 5.73 Å². The number of hydrogen-bond donors (Lipinski definition) is 2. The summed E-state index contributed by atoms with van der Waals surface area (Å²) in [6.07, 6.45) is 0.182. The van der Waals surface area contributed by atoms with Crippen molar-refractivity contribution in [3.63, 3.8) is 0 Å². The van der Waals surface area contributed by atoms with Gasteiger partial charge in [0.1, 0.15) is 0 Å². The molecule has 0 saturated heterocycles. The number of aliphatic hydroxyl groups excluding tert-OH is 1. The van der Waals surface area contributed by atoms with Gasteiger partial charge in [-0.1, -0.05) is 0 Å². The van der Waals surface area contributed by atoms with E-state index < -0.39 is 6.10 Å². The van der Waals surface area contributed by atoms with E-state index in [1.807, 2.05) is 6.07 Å². The molecule has 0 saturated carbocycles. The molecule has 1 atom stereocenters. The molecular formula is C7H9Br2NOS. The number of rotatable bonds is 3. The highest BCUT2D eigenvalue weighted by Crippen LogP contribution is 2.36. The standard InChI is InChI=1S/C7H9Br2NOS/c8-4-3-6(12-7(4)9)5(11)1-2-10/h3,5,11H,1-2,10H2. The predicted molar refractivity (Wildman–Crippen MR) is 58.4 cm³/mol. The Kier molecular flexibility index (Phi) is 4.19. The van der Waals surface area contributed by atoms with Crippen molar-refractivity contribution in [2.45, 2.75) is 12.5 Å². The molecule has 68 valence electrons. The number of hydrogen-bond acceptors (Lipinski definition) is 3. The molecule has 1 unspecified atom stereocenters. The lowest BCUT2D eigenvalue weighted by molar-refractivity contribution is 0.174. The molecule has 0 amide bonds. The van der Waals surface area contributed by atoms with Crippen molar-refractivity contribution in [3.05, 3.63) is 19.2 Å². The third-order valence-corrected chi connectivity index (χ3v) is 4.79. The van der Waals surface area contributed by atoms with Gasteiger partial charge in [-0.3, -0.25) is 0 Å². The molecule has 0 aromatic carbocycles. The van der Waals surface area contributed by atoms with Gasteiger partial charge in [0.25, 0.3) is 0 Å². The van der Waals surface area contributed by atoms with Crippen molar-refractivity contribution in [1.82, 2.24) is 0 Å². The number of aliphatic hydroxyl groups is 1. The third kappa shape index (κ3) is 2.53. The van der Waals surface area contributed by atoms with Crippen LogP contribution in [0.25, 0.3) is 0 Å². The van der Waals surface area contributed by atoms with E-state index in [1.54, 1.807) is 0 Å². The second-order valence-electron chi connectivity index (χ2n) is 2.36. The van der Waals surface area contributed by atoms with Crippen LogP contribution in [-0.4, -0.2) is 11.7 Å². The van der Waals surface area contributed by atoms with Crippen molar-refractivity contribution in [3.8, 4) is 0 Å². The van der Waals surface area contributed by atoms with Crippen LogP contribution in [0.15, 0.2) is 14.3 Å². The largest absolute Gasteiger partial charge is 0.388 e. The Morgan fingerprint density at radius 3 is 2.67 bits per heavy atom. The van der Waals surface area contributed by atoms with E-state index in [9.17, 15) is 5.11 Å². The van der Waals surface area contributed by atoms with E-state index in [-0.39, 0.29) is 0 Å². The minimum absolute atomic E-state index is 0.428. The van der Waals surface area contributed by atoms with Gasteiger partial charge in [-0.05, 0) is 50.9 Å². The maximum atomic E-state index is 9.55. The summed E-state index contributed by atoms with van der Waals surface area (Å²) in [6, 6.07) is 1.91. The molecule has 5 heteroatoms. The highest BCUT2D eigenvalue weighted by Gasteiger charge is 2.11. The molecule has 12 heavy (non-hydrogen) atoms. The lowest BCUT2D eigenvalue weighted by Crippen LogP contribution is -2.05. The molecule has 0 spiro atoms. The maximum absolute atomic E-state index is 9.55. The molecule has 1 aromatic heterocycles. The van der Waals surface area contributed by atoms with Gasteiger partial charge in [0.15, 0.2) is 0 Å². The predicted octanol–water partition coefficient (Wildman–Crippen LogP) is 2.66. The van der Waals surface area contributed by atoms with Gasteiger partial charge in [0.05, 0.1) is 9.89 Å². The third-order valence-electron chi connectivity index (χ3n) is 1.43. The second kappa shape index (κ2) is 4.72. The van der Waals surface area contributed by atoms with E-state index >= 15 is 0 Å². The van der Waals surface area contributed by atoms with Crippen LogP contribution in [-0.2, 0) is 0 Å². The van der Waals surface area contributed by atoms with Gasteiger partial charge < -0.3 is 10.8 Å². The first kappa shape index (κ1) is 10.7. The van der Waals surface area contributed by atoms with Crippen molar-refractivity contribution in [1.29, 1.82) is 0 Å². The number of nitrogens with two attached hydrogens (primary N) is 1. The van der Waals surface area contributed by atoms with Crippen LogP contribution in [0.3, 0.4) is 0 Å². The SMILES string of the molecule is NCCC(O)c1cc(Br)c(Br)s1. The molecule has 2 nitrogen and oxygen atoms in total. The van der Waals surface area contributed by atoms with Crippen LogP contribution >= 0.6 is 43.2 Å². The molecule has 0 radical (unpaired) electrons. The molecule has 0 aliphatic heterocycles. The molecule has 1 heterocycles. The molecule has 0 aliphatic carbocycles. The monoisotopic (exact) mass is 313 g/mol. The molecule has 1 aromatic rings. The first-order valence-electron chi connectivity index (χ1n) is 3.48. The molecular weight excluding hydrogens is 306 g/mol. The zero-order valence-electron chi connectivity index (χ0n) is 6.26. The van der Waals surface area contributed by atoms with Crippen LogP contribution in [0.5, 0.6) is 0 Å². The highest BCUT2D eigenvalue weighted by molar-refractivity contribution is 9.13. The Balaban J connectivity index is 2.74. The zero-order valence-corrected chi connectivity index (χ0v) is 10.2. The Labute approximate surface area is 92.0 Å². The van der Waals surface area contributed by atoms with Crippen LogP contribution < -0.4 is 5.73 Å². The van der Waals surface area contributed by atoms with Gasteiger partial charge in [0.2, 0.25) is 0 Å². The lowest BCUT2D eigenvalue weighted by atomic mass is 10.2. The van der Waals surface area contributed by atoms with E-state index in [1.165, 1.54) is 11.3 Å². The molecule has 3 N–H and O–H groups in total. The number of halogens is 2. The summed E-state index contributed by atoms with van der Waals surface area (Å²) < 4.78 is 1.99. The number of thiophene rings is 1. The summed E-state index contributed by atoms with van der Waals surface area (Å²) in [4.78, 5) is 0.944. The first-order valence-corrected chi connectivity index (χ1v) is 5.88. The quantitative estimate of drug-likeness (QED) is 0.901. The van der Waals surface area contributed by atoms with E-state index in [4.69, 9.17) is 5.73 Å². The smallest absolute Gasteiger partial charge is 0.0894 e. The summed E-state index contributed by atoms with van der Waals surface area (Å²) in [5.41, 5.74) is 5.33. The Hall–Kier alpha value is 0.580. The highest BCUT2D eigenvalue weighted by atomic mass is 79.9. The van der Waals surface area contributed by atoms with Gasteiger partial charge in [-0.25, -0.2) is 0 Å². The van der Waals surface area contributed by atoms with Gasteiger partial charge in [-0.15, -0.1) is 11.3 Å². The van der Waals surface area contributed by atoms with Crippen LogP contribution in [0.4, 0.5) is 0 Å². The normalized spacial score (nSPS) is 13.3. The van der Waals surface area contributed by atoms with E-state index in [2.05, 4.69) is 31.9 Å². The van der Waals surface area contributed by atoms with E-state index in [0.29, 0.717) is 13.0 Å². The van der Waals surface area contributed by atoms with Crippen molar-refractivity contribution < 1.29 is 5.11 Å². The average Bonchev–Trinajstić information content (AvgIpc) is 2.33. The Morgan fingerprint density at radius 2 is 2.25 bits per heavy atom. The van der Waals surface area contributed by atoms with Crippen LogP contribution in [0.1, 0.15) is 17.4 Å². The second-order valence-corrected chi connectivity index (χ2v) is 5.62.